The van der Waals surface area contributed by atoms with Crippen LogP contribution in [0.15, 0.2) is 30.3 Å². The van der Waals surface area contributed by atoms with Crippen LogP contribution in [0.2, 0.25) is 0 Å². The molecule has 0 bridgehead atoms. The molecule has 0 heterocycles. The summed E-state index contributed by atoms with van der Waals surface area (Å²) in [6.45, 7) is 1.37. The van der Waals surface area contributed by atoms with E-state index in [-0.39, 0.29) is 25.2 Å². The molecule has 0 saturated heterocycles. The summed E-state index contributed by atoms with van der Waals surface area (Å²) < 4.78 is 28.7. The van der Waals surface area contributed by atoms with Crippen LogP contribution in [0.25, 0.3) is 0 Å². The molecule has 20 heavy (non-hydrogen) atoms. The van der Waals surface area contributed by atoms with Crippen LogP contribution in [0.5, 0.6) is 0 Å². The van der Waals surface area contributed by atoms with Gasteiger partial charge in [-0.1, -0.05) is 30.3 Å². The maximum absolute atomic E-state index is 11.8. The first-order valence-corrected chi connectivity index (χ1v) is 7.98. The molecule has 1 aromatic carbocycles. The fourth-order valence-electron chi connectivity index (χ4n) is 1.52. The summed E-state index contributed by atoms with van der Waals surface area (Å²) in [4.78, 5) is 11.7. The number of esters is 1. The third-order valence-electron chi connectivity index (χ3n) is 2.81. The van der Waals surface area contributed by atoms with Crippen molar-refractivity contribution in [2.45, 2.75) is 31.6 Å². The molecular formula is C14H17NO4S. The van der Waals surface area contributed by atoms with Gasteiger partial charge in [0.25, 0.3) is 0 Å². The number of nitriles is 1. The highest BCUT2D eigenvalue weighted by atomic mass is 32.2. The molecule has 0 radical (unpaired) electrons. The van der Waals surface area contributed by atoms with Gasteiger partial charge < -0.3 is 4.74 Å². The van der Waals surface area contributed by atoms with Crippen molar-refractivity contribution in [2.24, 2.45) is 0 Å². The average Bonchev–Trinajstić information content (AvgIpc) is 2.45. The maximum atomic E-state index is 11.8. The average molecular weight is 295 g/mol. The van der Waals surface area contributed by atoms with Crippen molar-refractivity contribution in [3.05, 3.63) is 35.9 Å². The standard InChI is InChI=1S/C14H17NO4S/c1-12(20(17,18)10-6-5-9-15)14(16)19-11-13-7-3-2-4-8-13/h2-4,7-8,12H,5-6,10-11H2,1H3. The summed E-state index contributed by atoms with van der Waals surface area (Å²) >= 11 is 0. The van der Waals surface area contributed by atoms with Crippen LogP contribution in [0.4, 0.5) is 0 Å². The zero-order chi connectivity index (χ0) is 15.0. The van der Waals surface area contributed by atoms with Crippen LogP contribution in [-0.2, 0) is 26.0 Å². The summed E-state index contributed by atoms with van der Waals surface area (Å²) in [6, 6.07) is 10.9. The first-order valence-electron chi connectivity index (χ1n) is 6.26. The first kappa shape index (κ1) is 16.2. The molecule has 0 amide bonds. The van der Waals surface area contributed by atoms with Crippen molar-refractivity contribution in [3.8, 4) is 6.07 Å². The summed E-state index contributed by atoms with van der Waals surface area (Å²) in [5, 5.41) is 7.18. The fraction of sp³-hybridized carbons (Fsp3) is 0.429. The van der Waals surface area contributed by atoms with Gasteiger partial charge in [-0.2, -0.15) is 5.26 Å². The summed E-state index contributed by atoms with van der Waals surface area (Å²) in [7, 11) is -3.56. The zero-order valence-corrected chi connectivity index (χ0v) is 12.1. The Morgan fingerprint density at radius 1 is 1.35 bits per heavy atom. The number of ether oxygens (including phenoxy) is 1. The molecular weight excluding hydrogens is 278 g/mol. The molecule has 1 aromatic rings. The van der Waals surface area contributed by atoms with Gasteiger partial charge in [-0.15, -0.1) is 0 Å². The van der Waals surface area contributed by atoms with Crippen molar-refractivity contribution < 1.29 is 17.9 Å². The monoisotopic (exact) mass is 295 g/mol. The van der Waals surface area contributed by atoms with Gasteiger partial charge in [0.1, 0.15) is 6.61 Å². The molecule has 0 spiro atoms. The number of hydrogen-bond donors (Lipinski definition) is 0. The number of sulfone groups is 1. The topological polar surface area (TPSA) is 84.2 Å². The molecule has 1 atom stereocenters. The molecule has 0 aliphatic rings. The number of hydrogen-bond acceptors (Lipinski definition) is 5. The molecule has 0 aliphatic heterocycles. The Bertz CT molecular complexity index is 575. The molecule has 1 rings (SSSR count). The molecule has 0 aromatic heterocycles. The molecule has 0 fully saturated rings. The van der Waals surface area contributed by atoms with Crippen LogP contribution >= 0.6 is 0 Å². The lowest BCUT2D eigenvalue weighted by atomic mass is 10.2. The largest absolute Gasteiger partial charge is 0.460 e. The second-order valence-electron chi connectivity index (χ2n) is 4.36. The Morgan fingerprint density at radius 3 is 2.60 bits per heavy atom. The molecule has 0 aliphatic carbocycles. The molecule has 1 unspecified atom stereocenters. The Kier molecular flexibility index (Phi) is 6.19. The van der Waals surface area contributed by atoms with Gasteiger partial charge >= 0.3 is 5.97 Å². The van der Waals surface area contributed by atoms with E-state index in [4.69, 9.17) is 10.00 Å². The van der Waals surface area contributed by atoms with E-state index < -0.39 is 21.1 Å². The van der Waals surface area contributed by atoms with Gasteiger partial charge in [0, 0.05) is 6.42 Å². The van der Waals surface area contributed by atoms with Crippen molar-refractivity contribution in [2.75, 3.05) is 5.75 Å². The molecule has 5 nitrogen and oxygen atoms in total. The second-order valence-corrected chi connectivity index (χ2v) is 6.81. The number of carbonyl (C=O) groups is 1. The van der Waals surface area contributed by atoms with Crippen LogP contribution in [0.1, 0.15) is 25.3 Å². The Balaban J connectivity index is 2.52. The highest BCUT2D eigenvalue weighted by molar-refractivity contribution is 7.92. The van der Waals surface area contributed by atoms with Crippen LogP contribution in [0.3, 0.4) is 0 Å². The van der Waals surface area contributed by atoms with E-state index in [0.717, 1.165) is 5.56 Å². The number of benzene rings is 1. The van der Waals surface area contributed by atoms with Gasteiger partial charge in [-0.25, -0.2) is 8.42 Å². The van der Waals surface area contributed by atoms with E-state index in [0.29, 0.717) is 0 Å². The fourth-order valence-corrected chi connectivity index (χ4v) is 2.78. The molecule has 0 saturated carbocycles. The Hall–Kier alpha value is -1.87. The summed E-state index contributed by atoms with van der Waals surface area (Å²) in [5.74, 6) is -0.937. The minimum atomic E-state index is -3.56. The highest BCUT2D eigenvalue weighted by Crippen LogP contribution is 2.09. The summed E-state index contributed by atoms with van der Waals surface area (Å²) in [5.41, 5.74) is 0.801. The first-order chi connectivity index (χ1) is 9.47. The van der Waals surface area contributed by atoms with E-state index in [9.17, 15) is 13.2 Å². The normalized spacial score (nSPS) is 12.4. The maximum Gasteiger partial charge on any atom is 0.324 e. The smallest absolute Gasteiger partial charge is 0.324 e. The second kappa shape index (κ2) is 7.65. The quantitative estimate of drug-likeness (QED) is 0.566. The van der Waals surface area contributed by atoms with Crippen molar-refractivity contribution in [3.63, 3.8) is 0 Å². The van der Waals surface area contributed by atoms with Gasteiger partial charge in [0.05, 0.1) is 11.8 Å². The van der Waals surface area contributed by atoms with Gasteiger partial charge in [-0.05, 0) is 18.9 Å². The Morgan fingerprint density at radius 2 is 2.00 bits per heavy atom. The lowest BCUT2D eigenvalue weighted by Gasteiger charge is -2.12. The lowest BCUT2D eigenvalue weighted by Crippen LogP contribution is -2.31. The number of nitrogens with zero attached hydrogens (tertiary/aromatic N) is 1. The van der Waals surface area contributed by atoms with Crippen LogP contribution < -0.4 is 0 Å². The van der Waals surface area contributed by atoms with Crippen LogP contribution in [0, 0.1) is 11.3 Å². The molecule has 6 heteroatoms. The third-order valence-corrected chi connectivity index (χ3v) is 4.94. The predicted octanol–water partition coefficient (Wildman–Crippen LogP) is 1.84. The van der Waals surface area contributed by atoms with Crippen LogP contribution in [-0.4, -0.2) is 25.4 Å². The third kappa shape index (κ3) is 5.02. The van der Waals surface area contributed by atoms with E-state index >= 15 is 0 Å². The van der Waals surface area contributed by atoms with Gasteiger partial charge in [-0.3, -0.25) is 4.79 Å². The molecule has 0 N–H and O–H groups in total. The van der Waals surface area contributed by atoms with E-state index in [1.807, 2.05) is 24.3 Å². The minimum absolute atomic E-state index is 0.0533. The van der Waals surface area contributed by atoms with E-state index in [1.54, 1.807) is 12.1 Å². The van der Waals surface area contributed by atoms with Gasteiger partial charge in [0.15, 0.2) is 15.1 Å². The minimum Gasteiger partial charge on any atom is -0.460 e. The molecule has 108 valence electrons. The number of carbonyl (C=O) groups excluding carboxylic acids is 1. The van der Waals surface area contributed by atoms with Crippen molar-refractivity contribution >= 4 is 15.8 Å². The Labute approximate surface area is 119 Å². The lowest BCUT2D eigenvalue weighted by molar-refractivity contribution is -0.144. The summed E-state index contributed by atoms with van der Waals surface area (Å²) in [6.07, 6.45) is 0.389. The van der Waals surface area contributed by atoms with E-state index in [1.165, 1.54) is 6.92 Å². The highest BCUT2D eigenvalue weighted by Gasteiger charge is 2.28. The van der Waals surface area contributed by atoms with Crippen molar-refractivity contribution in [1.82, 2.24) is 0 Å². The van der Waals surface area contributed by atoms with Crippen molar-refractivity contribution in [1.29, 1.82) is 5.26 Å². The number of rotatable bonds is 7. The predicted molar refractivity (Wildman–Crippen MR) is 74.3 cm³/mol. The zero-order valence-electron chi connectivity index (χ0n) is 11.3. The SMILES string of the molecule is CC(C(=O)OCc1ccccc1)S(=O)(=O)CCCC#N. The van der Waals surface area contributed by atoms with Gasteiger partial charge in [0.2, 0.25) is 0 Å². The van der Waals surface area contributed by atoms with E-state index in [2.05, 4.69) is 0 Å². The number of unbranched alkanes of at least 4 members (excludes halogenated alkanes) is 1.